The molecule has 5 aromatic heterocycles. The number of nitrogens with zero attached hydrogens (tertiary/aromatic N) is 12. The summed E-state index contributed by atoms with van der Waals surface area (Å²) in [4.78, 5) is 67.6. The van der Waals surface area contributed by atoms with Gasteiger partial charge in [-0.05, 0) is 120 Å². The molecule has 119 heavy (non-hydrogen) atoms. The maximum atomic E-state index is 10.1. The molecule has 28 heteroatoms. The molecule has 0 amide bonds. The molecule has 5 atom stereocenters. The van der Waals surface area contributed by atoms with Gasteiger partial charge in [0.25, 0.3) is 5.97 Å². The van der Waals surface area contributed by atoms with Gasteiger partial charge in [0.2, 0.25) is 0 Å². The number of aliphatic hydroxyl groups is 4. The minimum atomic E-state index is -0.944. The number of rotatable bonds is 14. The Labute approximate surface area is 768 Å². The number of aromatic nitrogens is 10. The van der Waals surface area contributed by atoms with Crippen molar-refractivity contribution in [2.45, 2.75) is 147 Å². The van der Waals surface area contributed by atoms with Crippen molar-refractivity contribution in [1.29, 1.82) is 0 Å². The number of carbonyl (C=O) groups is 2. The number of para-hydroxylation sites is 2. The summed E-state index contributed by atoms with van der Waals surface area (Å²) in [6.45, 7) is 25.7. The van der Waals surface area contributed by atoms with Gasteiger partial charge < -0.3 is 75.5 Å². The van der Waals surface area contributed by atoms with Crippen LogP contribution in [0.4, 0.5) is 0 Å². The number of ether oxygens (including phenoxy) is 2. The number of carbonyl (C=O) groups excluding carboxylic acids is 1. The van der Waals surface area contributed by atoms with Crippen molar-refractivity contribution in [3.8, 4) is 67.8 Å². The van der Waals surface area contributed by atoms with Crippen molar-refractivity contribution in [2.75, 3.05) is 27.8 Å². The first-order chi connectivity index (χ1) is 54.6. The second-order valence-electron chi connectivity index (χ2n) is 25.7. The molecule has 7 aromatic carbocycles. The van der Waals surface area contributed by atoms with E-state index in [4.69, 9.17) is 35.7 Å². The Bertz CT molecular complexity index is 4440. The molecule has 6 heterocycles. The molecule has 0 saturated carbocycles. The molecule has 1 fully saturated rings. The van der Waals surface area contributed by atoms with Crippen molar-refractivity contribution in [3.05, 3.63) is 304 Å². The number of benzene rings is 7. The zero-order valence-corrected chi connectivity index (χ0v) is 81.3. The fourth-order valence-corrected chi connectivity index (χ4v) is 10.1. The van der Waals surface area contributed by atoms with Crippen molar-refractivity contribution < 1.29 is 155 Å². The molecule has 0 spiro atoms. The summed E-state index contributed by atoms with van der Waals surface area (Å²) in [5, 5.41) is 64.7. The molecule has 0 bridgehead atoms. The van der Waals surface area contributed by atoms with E-state index in [1.807, 2.05) is 197 Å². The predicted molar refractivity (Wildman–Crippen MR) is 446 cm³/mol. The van der Waals surface area contributed by atoms with Crippen LogP contribution in [0.3, 0.4) is 0 Å². The second kappa shape index (κ2) is 63.3. The summed E-state index contributed by atoms with van der Waals surface area (Å²) in [6, 6.07) is 66.1. The number of phenolic OH excluding ortho intramolecular Hbond substituents is 2. The van der Waals surface area contributed by atoms with Crippen LogP contribution in [0.25, 0.3) is 61.6 Å². The fraction of sp³-hybridized carbons (Fsp3) is 0.286. The predicted octanol–water partition coefficient (Wildman–Crippen LogP) is 15.8. The number of aryl methyl sites for hydroxylation is 11. The molecule has 12 aromatic rings. The number of aldehydes is 1. The van der Waals surface area contributed by atoms with Gasteiger partial charge in [-0.3, -0.25) is 39.5 Å². The molecule has 1 aliphatic heterocycles. The Balaban J connectivity index is 0. The standard InChI is InChI=1S/C13H13N2.4C12H11N2.C8H9NO.C7H6O2.C5H8NO2.C5H12O4.C5H12O2.5Ir/c1-9-4-6-12(7-5-9)13-11(3)15-10(2)8-14-13;4*1-9-8-13-12(10(2)14-9)11-6-4-3-5-7-11;1-9-6-7-4-2-3-5-8(7)10;8-5-6-3-1-2-4-7(6)9;7-5(8)4-2-1-3-6-4;1-8-4(6)3-5(7)9-2;1-4(6)3-5(2)7;;;;;/h4-6,8H,1-3H3;4*3-6,8H,1-2H3;2-6,10H,1H3;1-5,9H;4H,1-3H2,(H,7,8);4-7H,3H2,1-2H3;4-7H,3H2,1-2H3;;;;;/q5*-1;;;-1;;;;;;;. The third kappa shape index (κ3) is 44.4. The van der Waals surface area contributed by atoms with Gasteiger partial charge >= 0.3 is 0 Å². The van der Waals surface area contributed by atoms with Gasteiger partial charge in [0.1, 0.15) is 11.5 Å². The van der Waals surface area contributed by atoms with Crippen LogP contribution < -0.4 is 0 Å². The normalized spacial score (nSPS) is 11.9. The smallest absolute Gasteiger partial charge is 0.285 e. The molecule has 1 saturated heterocycles. The Morgan fingerprint density at radius 3 is 0.958 bits per heavy atom. The van der Waals surface area contributed by atoms with Crippen LogP contribution in [0.15, 0.2) is 200 Å². The molecular weight excluding hydrogens is 2400 g/mol. The Morgan fingerprint density at radius 2 is 0.756 bits per heavy atom. The molecule has 5 radical (unpaired) electrons. The van der Waals surface area contributed by atoms with Gasteiger partial charge in [0, 0.05) is 228 Å². The van der Waals surface area contributed by atoms with Gasteiger partial charge in [-0.1, -0.05) is 44.0 Å². The number of aromatic hydroxyl groups is 2. The van der Waals surface area contributed by atoms with Crippen molar-refractivity contribution in [2.24, 2.45) is 4.99 Å². The number of hydrogen-bond acceptors (Lipinski definition) is 21. The number of carboxylic acid groups (broad SMARTS) is 1. The van der Waals surface area contributed by atoms with E-state index in [1.165, 1.54) is 25.8 Å². The zero-order chi connectivity index (χ0) is 83.9. The van der Waals surface area contributed by atoms with E-state index in [0.29, 0.717) is 18.3 Å². The number of aliphatic hydroxyl groups excluding tert-OH is 4. The average Bonchev–Trinajstić information content (AvgIpc) is 1.09. The third-order valence-electron chi connectivity index (χ3n) is 15.6. The van der Waals surface area contributed by atoms with Gasteiger partial charge in [-0.15, -0.1) is 186 Å². The second-order valence-corrected chi connectivity index (χ2v) is 25.7. The van der Waals surface area contributed by atoms with E-state index >= 15 is 0 Å². The molecule has 13 rings (SSSR count). The van der Waals surface area contributed by atoms with Crippen LogP contribution in [-0.2, 0) is 115 Å². The van der Waals surface area contributed by atoms with Crippen LogP contribution in [0.1, 0.15) is 118 Å². The number of phenols is 2. The maximum Gasteiger partial charge on any atom is 0.285 e. The minimum absolute atomic E-state index is 0. The van der Waals surface area contributed by atoms with Crippen LogP contribution in [0.5, 0.6) is 11.5 Å². The van der Waals surface area contributed by atoms with Crippen LogP contribution >= 0.6 is 0 Å². The molecule has 7 N–H and O–H groups in total. The number of aliphatic carboxylic acids is 1. The summed E-state index contributed by atoms with van der Waals surface area (Å²) < 4.78 is 8.88. The molecule has 1 aliphatic rings. The topological polar surface area (TPSA) is 350 Å². The molecular formula is C91H104Ir5N12O11-6. The van der Waals surface area contributed by atoms with Crippen molar-refractivity contribution >= 4 is 18.5 Å². The first-order valence-electron chi connectivity index (χ1n) is 36.6. The summed E-state index contributed by atoms with van der Waals surface area (Å²) in [5.74, 6) is -0.469. The van der Waals surface area contributed by atoms with E-state index in [-0.39, 0.29) is 131 Å². The summed E-state index contributed by atoms with van der Waals surface area (Å²) in [7, 11) is 4.38. The first-order valence-corrected chi connectivity index (χ1v) is 36.6. The minimum Gasteiger partial charge on any atom is -0.650 e. The Hall–Kier alpha value is -8.68. The van der Waals surface area contributed by atoms with Crippen LogP contribution in [0, 0.1) is 106 Å². The largest absolute Gasteiger partial charge is 0.650 e. The third-order valence-corrected chi connectivity index (χ3v) is 15.6. The van der Waals surface area contributed by atoms with Gasteiger partial charge in [-0.25, -0.2) is 0 Å². The van der Waals surface area contributed by atoms with E-state index in [2.05, 4.69) is 106 Å². The quantitative estimate of drug-likeness (QED) is 0.0230. The van der Waals surface area contributed by atoms with E-state index < -0.39 is 24.6 Å². The first kappa shape index (κ1) is 112. The summed E-state index contributed by atoms with van der Waals surface area (Å²) >= 11 is 0. The van der Waals surface area contributed by atoms with E-state index in [1.54, 1.807) is 88.4 Å². The summed E-state index contributed by atoms with van der Waals surface area (Å²) in [5.41, 5.74) is 21.3. The van der Waals surface area contributed by atoms with Crippen molar-refractivity contribution in [3.63, 3.8) is 0 Å². The summed E-state index contributed by atoms with van der Waals surface area (Å²) in [6.07, 6.45) is 10.7. The fourth-order valence-electron chi connectivity index (χ4n) is 10.1. The average molecular weight is 2500 g/mol. The number of carboxylic acids is 1. The maximum absolute atomic E-state index is 10.1. The van der Waals surface area contributed by atoms with Crippen LogP contribution in [0.2, 0.25) is 0 Å². The Kier molecular flexibility index (Phi) is 59.8. The molecule has 5 unspecified atom stereocenters. The Morgan fingerprint density at radius 1 is 0.454 bits per heavy atom. The van der Waals surface area contributed by atoms with Gasteiger partial charge in [0.15, 0.2) is 18.9 Å². The number of methoxy groups -OCH3 is 2. The van der Waals surface area contributed by atoms with Crippen LogP contribution in [-0.4, -0.2) is 163 Å². The SMILES string of the molecule is CC(O)CC(C)O.CN=Cc1ccccc1O.COC(O)CC(O)OC.Cc1c[c-]c(-c2ncc(C)nc2C)cc1.Cc1cnc(-c2[c-]cccc2)c(C)n1.Cc1cnc(-c2[c-]cccc2)c(C)n1.Cc1cnc(-c2[c-]cccc2)c(C)n1.Cc1cnc(-c2[c-]cccc2)c(C)n1.O=C(O)C1CCC[N-]1.O=Cc1ccccc1O.[Ir].[Ir].[Ir].[Ir].[Ir]. The number of hydrogen-bond donors (Lipinski definition) is 7. The van der Waals surface area contributed by atoms with Gasteiger partial charge in [0.05, 0.1) is 46.2 Å². The number of aliphatic imine (C=N–C) groups is 1. The van der Waals surface area contributed by atoms with E-state index in [0.717, 1.165) is 138 Å². The molecule has 645 valence electrons. The molecule has 23 nitrogen and oxygen atoms in total. The zero-order valence-electron chi connectivity index (χ0n) is 69.3. The van der Waals surface area contributed by atoms with E-state index in [9.17, 15) is 9.59 Å². The van der Waals surface area contributed by atoms with Crippen molar-refractivity contribution in [1.82, 2.24) is 49.8 Å². The monoisotopic (exact) mass is 2510 g/mol. The molecule has 0 aliphatic carbocycles. The van der Waals surface area contributed by atoms with Gasteiger partial charge in [-0.2, -0.15) is 0 Å².